The van der Waals surface area contributed by atoms with Gasteiger partial charge in [0.15, 0.2) is 0 Å². The quantitative estimate of drug-likeness (QED) is 0.566. The Balaban J connectivity index is 1.74. The molecule has 3 rings (SSSR count). The number of halogens is 1. The number of hydrogen-bond acceptors (Lipinski definition) is 5. The van der Waals surface area contributed by atoms with E-state index in [-0.39, 0.29) is 0 Å². The van der Waals surface area contributed by atoms with Crippen LogP contribution in [0.1, 0.15) is 11.1 Å². The van der Waals surface area contributed by atoms with Crippen LogP contribution in [0.3, 0.4) is 0 Å². The van der Waals surface area contributed by atoms with Crippen molar-refractivity contribution in [2.24, 2.45) is 0 Å². The van der Waals surface area contributed by atoms with Crippen LogP contribution in [-0.4, -0.2) is 17.3 Å². The number of aromatic nitrogens is 2. The van der Waals surface area contributed by atoms with Gasteiger partial charge >= 0.3 is 0 Å². The number of benzene rings is 2. The normalized spacial score (nSPS) is 10.7. The van der Waals surface area contributed by atoms with Crippen LogP contribution in [0.2, 0.25) is 0 Å². The molecule has 0 saturated carbocycles. The molecule has 0 N–H and O–H groups in total. The number of methoxy groups -OCH3 is 1. The van der Waals surface area contributed by atoms with E-state index in [4.69, 9.17) is 9.15 Å². The fraction of sp³-hybridized carbons (Fsp3) is 0.176. The summed E-state index contributed by atoms with van der Waals surface area (Å²) < 4.78 is 12.1. The van der Waals surface area contributed by atoms with Gasteiger partial charge in [-0.15, -0.1) is 10.2 Å². The van der Waals surface area contributed by atoms with Gasteiger partial charge in [-0.25, -0.2) is 0 Å². The van der Waals surface area contributed by atoms with E-state index in [1.54, 1.807) is 7.11 Å². The van der Waals surface area contributed by atoms with Gasteiger partial charge in [-0.05, 0) is 31.2 Å². The number of aryl methyl sites for hydroxylation is 1. The first kappa shape index (κ1) is 16.1. The van der Waals surface area contributed by atoms with Crippen molar-refractivity contribution in [3.8, 4) is 17.2 Å². The molecule has 0 saturated heterocycles. The van der Waals surface area contributed by atoms with Crippen molar-refractivity contribution in [1.82, 2.24) is 10.2 Å². The molecule has 0 spiro atoms. The number of ether oxygens (including phenoxy) is 1. The highest BCUT2D eigenvalue weighted by Crippen LogP contribution is 2.30. The summed E-state index contributed by atoms with van der Waals surface area (Å²) in [4.78, 5) is 0. The number of thioether (sulfide) groups is 1. The first-order valence-corrected chi connectivity index (χ1v) is 8.79. The third-order valence-electron chi connectivity index (χ3n) is 3.27. The maximum Gasteiger partial charge on any atom is 0.277 e. The van der Waals surface area contributed by atoms with E-state index in [2.05, 4.69) is 39.1 Å². The number of rotatable bonds is 5. The van der Waals surface area contributed by atoms with Crippen LogP contribution < -0.4 is 4.74 Å². The summed E-state index contributed by atoms with van der Waals surface area (Å²) in [6, 6.07) is 13.9. The second-order valence-corrected chi connectivity index (χ2v) is 6.83. The number of hydrogen-bond donors (Lipinski definition) is 0. The molecule has 0 aliphatic heterocycles. The maximum absolute atomic E-state index is 5.73. The van der Waals surface area contributed by atoms with Crippen molar-refractivity contribution in [3.05, 3.63) is 58.1 Å². The van der Waals surface area contributed by atoms with Gasteiger partial charge in [0.05, 0.1) is 7.11 Å². The Hall–Kier alpha value is -1.79. The van der Waals surface area contributed by atoms with E-state index in [0.717, 1.165) is 21.3 Å². The molecule has 0 aliphatic carbocycles. The Bertz CT molecular complexity index is 820. The topological polar surface area (TPSA) is 48.2 Å². The van der Waals surface area contributed by atoms with Gasteiger partial charge in [-0.3, -0.25) is 0 Å². The van der Waals surface area contributed by atoms with Crippen molar-refractivity contribution in [2.75, 3.05) is 7.11 Å². The molecule has 1 heterocycles. The molecule has 0 atom stereocenters. The summed E-state index contributed by atoms with van der Waals surface area (Å²) in [5.74, 6) is 2.10. The summed E-state index contributed by atoms with van der Waals surface area (Å²) in [6.07, 6.45) is 0. The van der Waals surface area contributed by atoms with Crippen molar-refractivity contribution >= 4 is 27.7 Å². The molecule has 118 valence electrons. The van der Waals surface area contributed by atoms with Crippen LogP contribution >= 0.6 is 27.7 Å². The molecule has 0 aliphatic rings. The van der Waals surface area contributed by atoms with Gasteiger partial charge in [0, 0.05) is 21.4 Å². The smallest absolute Gasteiger partial charge is 0.277 e. The van der Waals surface area contributed by atoms with Crippen LogP contribution in [0.25, 0.3) is 11.5 Å². The molecule has 0 fully saturated rings. The molecule has 0 radical (unpaired) electrons. The molecule has 3 aromatic rings. The average molecular weight is 391 g/mol. The van der Waals surface area contributed by atoms with E-state index in [0.29, 0.717) is 16.9 Å². The van der Waals surface area contributed by atoms with Crippen LogP contribution in [0.15, 0.2) is 56.6 Å². The van der Waals surface area contributed by atoms with Crippen LogP contribution in [0.4, 0.5) is 0 Å². The molecule has 0 unspecified atom stereocenters. The highest BCUT2D eigenvalue weighted by atomic mass is 79.9. The zero-order valence-electron chi connectivity index (χ0n) is 12.7. The van der Waals surface area contributed by atoms with E-state index in [9.17, 15) is 0 Å². The summed E-state index contributed by atoms with van der Waals surface area (Å²) >= 11 is 4.94. The zero-order valence-corrected chi connectivity index (χ0v) is 15.1. The Morgan fingerprint density at radius 3 is 2.83 bits per heavy atom. The largest absolute Gasteiger partial charge is 0.496 e. The lowest BCUT2D eigenvalue weighted by molar-refractivity contribution is 0.411. The summed E-state index contributed by atoms with van der Waals surface area (Å²) in [5, 5.41) is 8.76. The molecular formula is C17H15BrN2O2S. The minimum absolute atomic E-state index is 0.519. The lowest BCUT2D eigenvalue weighted by atomic mass is 10.1. The predicted molar refractivity (Wildman–Crippen MR) is 94.7 cm³/mol. The van der Waals surface area contributed by atoms with Crippen molar-refractivity contribution < 1.29 is 9.15 Å². The highest BCUT2D eigenvalue weighted by molar-refractivity contribution is 9.10. The Kier molecular flexibility index (Phi) is 5.03. The van der Waals surface area contributed by atoms with Crippen molar-refractivity contribution in [3.63, 3.8) is 0 Å². The van der Waals surface area contributed by atoms with Gasteiger partial charge < -0.3 is 9.15 Å². The van der Waals surface area contributed by atoms with Gasteiger partial charge in [0.2, 0.25) is 5.89 Å². The van der Waals surface area contributed by atoms with E-state index < -0.39 is 0 Å². The monoisotopic (exact) mass is 390 g/mol. The van der Waals surface area contributed by atoms with Crippen molar-refractivity contribution in [1.29, 1.82) is 0 Å². The van der Waals surface area contributed by atoms with Crippen LogP contribution in [-0.2, 0) is 5.75 Å². The zero-order chi connectivity index (χ0) is 16.2. The lowest BCUT2D eigenvalue weighted by Crippen LogP contribution is -1.91. The SMILES string of the molecule is COc1ccc(C)cc1CSc1nnc(-c2cccc(Br)c2)o1. The standard InChI is InChI=1S/C17H15BrN2O2S/c1-11-6-7-15(21-2)13(8-11)10-23-17-20-19-16(22-17)12-4-3-5-14(18)9-12/h3-9H,10H2,1-2H3. The molecule has 1 aromatic heterocycles. The summed E-state index contributed by atoms with van der Waals surface area (Å²) in [5.41, 5.74) is 3.20. The summed E-state index contributed by atoms with van der Waals surface area (Å²) in [7, 11) is 1.68. The Labute approximate surface area is 147 Å². The summed E-state index contributed by atoms with van der Waals surface area (Å²) in [6.45, 7) is 2.06. The molecular weight excluding hydrogens is 376 g/mol. The van der Waals surface area contributed by atoms with Crippen LogP contribution in [0, 0.1) is 6.92 Å². The third kappa shape index (κ3) is 3.95. The van der Waals surface area contributed by atoms with E-state index >= 15 is 0 Å². The second kappa shape index (κ2) is 7.19. The Morgan fingerprint density at radius 2 is 2.04 bits per heavy atom. The predicted octanol–water partition coefficient (Wildman–Crippen LogP) is 5.11. The van der Waals surface area contributed by atoms with Gasteiger partial charge in [-0.2, -0.15) is 0 Å². The van der Waals surface area contributed by atoms with E-state index in [1.165, 1.54) is 17.3 Å². The second-order valence-electron chi connectivity index (χ2n) is 4.99. The molecule has 0 bridgehead atoms. The van der Waals surface area contributed by atoms with Gasteiger partial charge in [-0.1, -0.05) is 51.5 Å². The van der Waals surface area contributed by atoms with Crippen LogP contribution in [0.5, 0.6) is 5.75 Å². The first-order valence-electron chi connectivity index (χ1n) is 7.01. The molecule has 2 aromatic carbocycles. The molecule has 0 amide bonds. The Morgan fingerprint density at radius 1 is 1.17 bits per heavy atom. The highest BCUT2D eigenvalue weighted by Gasteiger charge is 2.11. The fourth-order valence-corrected chi connectivity index (χ4v) is 3.31. The number of nitrogens with zero attached hydrogens (tertiary/aromatic N) is 2. The van der Waals surface area contributed by atoms with E-state index in [1.807, 2.05) is 36.4 Å². The van der Waals surface area contributed by atoms with Crippen molar-refractivity contribution in [2.45, 2.75) is 17.9 Å². The average Bonchev–Trinajstić information content (AvgIpc) is 3.02. The lowest BCUT2D eigenvalue weighted by Gasteiger charge is -2.07. The first-order chi connectivity index (χ1) is 11.2. The van der Waals surface area contributed by atoms with Gasteiger partial charge in [0.25, 0.3) is 5.22 Å². The maximum atomic E-state index is 5.73. The fourth-order valence-electron chi connectivity index (χ4n) is 2.17. The van der Waals surface area contributed by atoms with Gasteiger partial charge in [0.1, 0.15) is 5.75 Å². The molecule has 23 heavy (non-hydrogen) atoms. The minimum Gasteiger partial charge on any atom is -0.496 e. The third-order valence-corrected chi connectivity index (χ3v) is 4.63. The minimum atomic E-state index is 0.519. The molecule has 4 nitrogen and oxygen atoms in total. The molecule has 6 heteroatoms.